The zero-order chi connectivity index (χ0) is 22.2. The number of benzene rings is 3. The topological polar surface area (TPSA) is 50.3 Å². The predicted octanol–water partition coefficient (Wildman–Crippen LogP) is 1.18. The van der Waals surface area contributed by atoms with Crippen LogP contribution in [0.2, 0.25) is 0 Å². The van der Waals surface area contributed by atoms with Crippen LogP contribution in [0.25, 0.3) is 11.1 Å². The molecule has 3 aromatic carbocycles. The van der Waals surface area contributed by atoms with Crippen LogP contribution in [0.15, 0.2) is 90.0 Å². The van der Waals surface area contributed by atoms with Crippen molar-refractivity contribution < 1.29 is 14.6 Å². The molecule has 164 valence electrons. The number of rotatable bonds is 7. The van der Waals surface area contributed by atoms with Crippen molar-refractivity contribution in [2.75, 3.05) is 32.7 Å². The lowest BCUT2D eigenvalue weighted by Crippen LogP contribution is -3.28. The Morgan fingerprint density at radius 2 is 1.34 bits per heavy atom. The number of carbonyl (C=O) groups is 1. The van der Waals surface area contributed by atoms with E-state index in [1.807, 2.05) is 37.3 Å². The third kappa shape index (κ3) is 6.13. The highest BCUT2D eigenvalue weighted by molar-refractivity contribution is 5.99. The number of carbonyl (C=O) groups excluding carboxylic acids is 1. The summed E-state index contributed by atoms with van der Waals surface area (Å²) in [5.74, 6) is -0.0215. The summed E-state index contributed by atoms with van der Waals surface area (Å²) < 4.78 is 0. The van der Waals surface area contributed by atoms with E-state index in [1.54, 1.807) is 4.90 Å². The van der Waals surface area contributed by atoms with Gasteiger partial charge in [0.1, 0.15) is 32.7 Å². The lowest BCUT2D eigenvalue weighted by atomic mass is 10.0. The highest BCUT2D eigenvalue weighted by Crippen LogP contribution is 2.19. The van der Waals surface area contributed by atoms with Crippen LogP contribution in [0, 0.1) is 0 Å². The molecule has 3 N–H and O–H groups in total. The molecular weight excluding hydrogens is 396 g/mol. The summed E-state index contributed by atoms with van der Waals surface area (Å²) in [5.41, 5.74) is 8.31. The van der Waals surface area contributed by atoms with Gasteiger partial charge in [0.15, 0.2) is 6.54 Å². The Morgan fingerprint density at radius 1 is 0.781 bits per heavy atom. The molecule has 0 bridgehead atoms. The number of hydrogen-bond donors (Lipinski definition) is 3. The van der Waals surface area contributed by atoms with Crippen LogP contribution in [-0.2, 0) is 11.3 Å². The Hall–Kier alpha value is -3.28. The van der Waals surface area contributed by atoms with Gasteiger partial charge in [-0.15, -0.1) is 0 Å². The molecule has 4 rings (SSSR count). The molecule has 0 saturated carbocycles. The highest BCUT2D eigenvalue weighted by Gasteiger charge is 2.24. The molecule has 0 aliphatic carbocycles. The standard InChI is InChI=1S/C27H30N4O/c1-22(24-12-14-26(15-13-24)25-10-6-3-7-11-25)28-29-27(32)21-31-18-16-30(17-19-31)20-23-8-4-2-5-9-23/h2-15H,16-21H2,1H3,(H,29,32)/p+2/b28-22-. The first-order chi connectivity index (χ1) is 15.7. The molecule has 3 aromatic rings. The van der Waals surface area contributed by atoms with Gasteiger partial charge in [-0.1, -0.05) is 84.9 Å². The van der Waals surface area contributed by atoms with Crippen LogP contribution < -0.4 is 15.2 Å². The number of hydrogen-bond acceptors (Lipinski definition) is 2. The van der Waals surface area contributed by atoms with E-state index in [1.165, 1.54) is 21.6 Å². The molecule has 0 unspecified atom stereocenters. The van der Waals surface area contributed by atoms with Crippen molar-refractivity contribution in [3.63, 3.8) is 0 Å². The van der Waals surface area contributed by atoms with E-state index in [2.05, 4.69) is 65.1 Å². The summed E-state index contributed by atoms with van der Waals surface area (Å²) in [5, 5.41) is 4.33. The van der Waals surface area contributed by atoms with E-state index >= 15 is 0 Å². The largest absolute Gasteiger partial charge is 0.322 e. The number of nitrogens with zero attached hydrogens (tertiary/aromatic N) is 1. The average Bonchev–Trinajstić information content (AvgIpc) is 2.85. The van der Waals surface area contributed by atoms with E-state index < -0.39 is 0 Å². The summed E-state index contributed by atoms with van der Waals surface area (Å²) in [6.07, 6.45) is 0. The van der Waals surface area contributed by atoms with E-state index in [4.69, 9.17) is 0 Å². The molecule has 1 amide bonds. The zero-order valence-electron chi connectivity index (χ0n) is 18.7. The molecule has 5 nitrogen and oxygen atoms in total. The van der Waals surface area contributed by atoms with Gasteiger partial charge in [-0.25, -0.2) is 5.43 Å². The van der Waals surface area contributed by atoms with E-state index in [0.717, 1.165) is 44.0 Å². The van der Waals surface area contributed by atoms with Gasteiger partial charge in [0.2, 0.25) is 0 Å². The molecule has 1 saturated heterocycles. The van der Waals surface area contributed by atoms with Gasteiger partial charge in [-0.3, -0.25) is 4.79 Å². The van der Waals surface area contributed by atoms with Crippen LogP contribution in [0.5, 0.6) is 0 Å². The maximum atomic E-state index is 12.4. The van der Waals surface area contributed by atoms with Crippen molar-refractivity contribution >= 4 is 11.6 Å². The second kappa shape index (κ2) is 10.8. The Kier molecular flexibility index (Phi) is 7.43. The van der Waals surface area contributed by atoms with Gasteiger partial charge >= 0.3 is 0 Å². The Bertz CT molecular complexity index is 1020. The zero-order valence-corrected chi connectivity index (χ0v) is 18.7. The summed E-state index contributed by atoms with van der Waals surface area (Å²) >= 11 is 0. The first-order valence-electron chi connectivity index (χ1n) is 11.4. The van der Waals surface area contributed by atoms with Crippen LogP contribution in [0.4, 0.5) is 0 Å². The molecule has 32 heavy (non-hydrogen) atoms. The first-order valence-corrected chi connectivity index (χ1v) is 11.4. The van der Waals surface area contributed by atoms with E-state index in [9.17, 15) is 4.79 Å². The number of piperazine rings is 1. The SMILES string of the molecule is C/C(=N/NC(=O)C[NH+]1CC[NH+](Cc2ccccc2)CC1)c1ccc(-c2ccccc2)cc1. The molecule has 0 spiro atoms. The molecule has 0 atom stereocenters. The molecule has 1 fully saturated rings. The molecular formula is C27H32N4O+2. The lowest BCUT2D eigenvalue weighted by molar-refractivity contribution is -1.02. The predicted molar refractivity (Wildman–Crippen MR) is 129 cm³/mol. The van der Waals surface area contributed by atoms with Gasteiger partial charge in [0.25, 0.3) is 5.91 Å². The maximum absolute atomic E-state index is 12.4. The van der Waals surface area contributed by atoms with Crippen molar-refractivity contribution in [2.24, 2.45) is 5.10 Å². The second-order valence-corrected chi connectivity index (χ2v) is 8.51. The van der Waals surface area contributed by atoms with Gasteiger partial charge < -0.3 is 9.80 Å². The summed E-state index contributed by atoms with van der Waals surface area (Å²) in [6, 6.07) is 29.2. The Morgan fingerprint density at radius 3 is 2.00 bits per heavy atom. The minimum Gasteiger partial charge on any atom is -0.322 e. The Labute approximate surface area is 190 Å². The highest BCUT2D eigenvalue weighted by atomic mass is 16.2. The number of nitrogens with one attached hydrogen (secondary N) is 3. The number of hydrazone groups is 1. The smallest absolute Gasteiger partial charge is 0.295 e. The van der Waals surface area contributed by atoms with Gasteiger partial charge in [0, 0.05) is 5.56 Å². The van der Waals surface area contributed by atoms with Gasteiger partial charge in [-0.2, -0.15) is 5.10 Å². The van der Waals surface area contributed by atoms with E-state index in [-0.39, 0.29) is 5.91 Å². The average molecular weight is 429 g/mol. The molecule has 1 aliphatic rings. The molecule has 0 radical (unpaired) electrons. The quantitative estimate of drug-likeness (QED) is 0.384. The monoisotopic (exact) mass is 428 g/mol. The molecule has 1 aliphatic heterocycles. The van der Waals surface area contributed by atoms with Crippen LogP contribution in [0.3, 0.4) is 0 Å². The van der Waals surface area contributed by atoms with Crippen LogP contribution in [0.1, 0.15) is 18.1 Å². The van der Waals surface area contributed by atoms with Crippen LogP contribution >= 0.6 is 0 Å². The molecule has 0 aromatic heterocycles. The summed E-state index contributed by atoms with van der Waals surface area (Å²) in [7, 11) is 0. The Balaban J connectivity index is 1.23. The maximum Gasteiger partial charge on any atom is 0.295 e. The fourth-order valence-corrected chi connectivity index (χ4v) is 4.21. The van der Waals surface area contributed by atoms with Crippen LogP contribution in [-0.4, -0.2) is 44.3 Å². The minimum atomic E-state index is -0.0215. The molecule has 1 heterocycles. The third-order valence-electron chi connectivity index (χ3n) is 6.13. The van der Waals surface area contributed by atoms with Gasteiger partial charge in [0.05, 0.1) is 5.71 Å². The fourth-order valence-electron chi connectivity index (χ4n) is 4.21. The first kappa shape index (κ1) is 21.9. The second-order valence-electron chi connectivity index (χ2n) is 8.51. The van der Waals surface area contributed by atoms with Crippen molar-refractivity contribution in [3.8, 4) is 11.1 Å². The third-order valence-corrected chi connectivity index (χ3v) is 6.13. The molecule has 5 heteroatoms. The van der Waals surface area contributed by atoms with E-state index in [0.29, 0.717) is 6.54 Å². The van der Waals surface area contributed by atoms with Crippen molar-refractivity contribution in [1.82, 2.24) is 5.43 Å². The summed E-state index contributed by atoms with van der Waals surface area (Å²) in [6.45, 7) is 7.67. The minimum absolute atomic E-state index is 0.0215. The normalized spacial score (nSPS) is 18.8. The lowest BCUT2D eigenvalue weighted by Gasteiger charge is -2.29. The van der Waals surface area contributed by atoms with Gasteiger partial charge in [-0.05, 0) is 23.6 Å². The fraction of sp³-hybridized carbons (Fsp3) is 0.259. The van der Waals surface area contributed by atoms with Crippen molar-refractivity contribution in [1.29, 1.82) is 0 Å². The van der Waals surface area contributed by atoms with Crippen molar-refractivity contribution in [3.05, 3.63) is 96.1 Å². The number of amides is 1. The summed E-state index contributed by atoms with van der Waals surface area (Å²) in [4.78, 5) is 15.3. The van der Waals surface area contributed by atoms with Crippen molar-refractivity contribution in [2.45, 2.75) is 13.5 Å². The number of quaternary nitrogens is 2.